The first kappa shape index (κ1) is 15.4. The summed E-state index contributed by atoms with van der Waals surface area (Å²) in [6.45, 7) is 3.89. The predicted octanol–water partition coefficient (Wildman–Crippen LogP) is 3.77. The van der Waals surface area contributed by atoms with E-state index >= 15 is 0 Å². The number of aromatic amines is 1. The van der Waals surface area contributed by atoms with Crippen LogP contribution in [-0.4, -0.2) is 20.7 Å². The Hall–Kier alpha value is -2.52. The molecule has 3 aromatic rings. The lowest BCUT2D eigenvalue weighted by Gasteiger charge is -2.03. The second kappa shape index (κ2) is 6.31. The molecular weight excluding hydrogens is 308 g/mol. The molecule has 0 radical (unpaired) electrons. The maximum atomic E-state index is 12.8. The number of rotatable bonds is 5. The normalized spacial score (nSPS) is 12.2. The number of fused-ring (bicyclic) bond motifs is 1. The number of aromatic nitrogens is 3. The van der Waals surface area contributed by atoms with E-state index in [0.717, 1.165) is 28.9 Å². The Morgan fingerprint density at radius 1 is 1.39 bits per heavy atom. The Balaban J connectivity index is 1.97. The molecule has 0 aliphatic heterocycles. The van der Waals surface area contributed by atoms with E-state index in [1.54, 1.807) is 0 Å². The number of nitrogens with one attached hydrogen (secondary N) is 1. The average molecular weight is 324 g/mol. The van der Waals surface area contributed by atoms with Gasteiger partial charge in [0, 0.05) is 0 Å². The molecule has 0 amide bonds. The summed E-state index contributed by atoms with van der Waals surface area (Å²) in [6.07, 6.45) is 1.83. The van der Waals surface area contributed by atoms with Crippen LogP contribution >= 0.6 is 11.3 Å². The predicted molar refractivity (Wildman–Crippen MR) is 89.6 cm³/mol. The average Bonchev–Trinajstić information content (AvgIpc) is 3.11. The van der Waals surface area contributed by atoms with Crippen LogP contribution in [0.15, 0.2) is 24.3 Å². The van der Waals surface area contributed by atoms with Crippen molar-refractivity contribution in [2.24, 2.45) is 0 Å². The molecule has 1 aromatic carbocycles. The van der Waals surface area contributed by atoms with Crippen LogP contribution in [0.2, 0.25) is 0 Å². The Kier molecular flexibility index (Phi) is 4.22. The third kappa shape index (κ3) is 2.88. The highest BCUT2D eigenvalue weighted by molar-refractivity contribution is 7.13. The third-order valence-electron chi connectivity index (χ3n) is 3.60. The van der Waals surface area contributed by atoms with Gasteiger partial charge in [-0.15, -0.1) is 11.3 Å². The molecule has 0 aliphatic carbocycles. The molecule has 0 saturated heterocycles. The van der Waals surface area contributed by atoms with Crippen LogP contribution in [0.4, 0.5) is 0 Å². The van der Waals surface area contributed by atoms with Gasteiger partial charge in [0.15, 0.2) is 11.7 Å². The van der Waals surface area contributed by atoms with Crippen molar-refractivity contribution in [3.63, 3.8) is 0 Å². The fourth-order valence-electron chi connectivity index (χ4n) is 2.49. The van der Waals surface area contributed by atoms with Crippen LogP contribution in [0, 0.1) is 18.3 Å². The molecule has 1 atom stereocenters. The van der Waals surface area contributed by atoms with Crippen LogP contribution in [-0.2, 0) is 6.42 Å². The van der Waals surface area contributed by atoms with E-state index in [1.165, 1.54) is 11.3 Å². The second-order valence-corrected chi connectivity index (χ2v) is 6.42. The third-order valence-corrected chi connectivity index (χ3v) is 4.83. The number of H-pyrrole nitrogens is 1. The van der Waals surface area contributed by atoms with Crippen LogP contribution in [0.5, 0.6) is 0 Å². The van der Waals surface area contributed by atoms with Gasteiger partial charge >= 0.3 is 0 Å². The number of hydrogen-bond acceptors (Lipinski definition) is 5. The Labute approximate surface area is 138 Å². The first-order valence-corrected chi connectivity index (χ1v) is 8.30. The topological polar surface area (TPSA) is 82.4 Å². The number of thiazole rings is 1. The van der Waals surface area contributed by atoms with Crippen molar-refractivity contribution in [1.29, 1.82) is 5.26 Å². The van der Waals surface area contributed by atoms with Gasteiger partial charge in [-0.05, 0) is 31.9 Å². The molecule has 0 aliphatic rings. The van der Waals surface area contributed by atoms with Gasteiger partial charge in [-0.3, -0.25) is 4.79 Å². The molecule has 5 nitrogen and oxygen atoms in total. The van der Waals surface area contributed by atoms with E-state index in [1.807, 2.05) is 31.2 Å². The van der Waals surface area contributed by atoms with Gasteiger partial charge in [0.25, 0.3) is 0 Å². The monoisotopic (exact) mass is 324 g/mol. The van der Waals surface area contributed by atoms with Crippen molar-refractivity contribution in [2.45, 2.75) is 32.6 Å². The SMILES string of the molecule is CCCc1nc(C)c(C(=O)C(C#N)c2nc3ccccc3[nH]2)s1. The minimum Gasteiger partial charge on any atom is -0.340 e. The van der Waals surface area contributed by atoms with Crippen LogP contribution in [0.3, 0.4) is 0 Å². The first-order chi connectivity index (χ1) is 11.1. The molecule has 0 fully saturated rings. The number of imidazole rings is 1. The molecule has 3 rings (SSSR count). The van der Waals surface area contributed by atoms with Crippen molar-refractivity contribution >= 4 is 28.2 Å². The summed E-state index contributed by atoms with van der Waals surface area (Å²) >= 11 is 1.38. The molecule has 1 unspecified atom stereocenters. The highest BCUT2D eigenvalue weighted by Gasteiger charge is 2.28. The maximum absolute atomic E-state index is 12.8. The Morgan fingerprint density at radius 2 is 2.17 bits per heavy atom. The minimum absolute atomic E-state index is 0.232. The maximum Gasteiger partial charge on any atom is 0.199 e. The van der Waals surface area contributed by atoms with Gasteiger partial charge < -0.3 is 4.98 Å². The molecular formula is C17H16N4OS. The Morgan fingerprint density at radius 3 is 2.87 bits per heavy atom. The molecule has 23 heavy (non-hydrogen) atoms. The lowest BCUT2D eigenvalue weighted by atomic mass is 10.0. The van der Waals surface area contributed by atoms with Crippen molar-refractivity contribution in [3.05, 3.63) is 45.7 Å². The quantitative estimate of drug-likeness (QED) is 0.724. The van der Waals surface area contributed by atoms with Crippen molar-refractivity contribution in [1.82, 2.24) is 15.0 Å². The van der Waals surface area contributed by atoms with Crippen LogP contribution in [0.25, 0.3) is 11.0 Å². The molecule has 0 saturated carbocycles. The summed E-state index contributed by atoms with van der Waals surface area (Å²) in [5.41, 5.74) is 2.27. The molecule has 1 N–H and O–H groups in total. The van der Waals surface area contributed by atoms with Gasteiger partial charge in [0.2, 0.25) is 0 Å². The zero-order valence-electron chi connectivity index (χ0n) is 13.0. The molecule has 2 aromatic heterocycles. The Bertz CT molecular complexity index is 870. The number of aryl methyl sites for hydroxylation is 2. The number of benzene rings is 1. The number of carbonyl (C=O) groups is 1. The van der Waals surface area contributed by atoms with Crippen LogP contribution < -0.4 is 0 Å². The van der Waals surface area contributed by atoms with Gasteiger partial charge in [0.1, 0.15) is 5.82 Å². The lowest BCUT2D eigenvalue weighted by molar-refractivity contribution is 0.0979. The fraction of sp³-hybridized carbons (Fsp3) is 0.294. The van der Waals surface area contributed by atoms with Gasteiger partial charge in [-0.2, -0.15) is 5.26 Å². The van der Waals surface area contributed by atoms with E-state index in [4.69, 9.17) is 0 Å². The number of nitrogens with zero attached hydrogens (tertiary/aromatic N) is 3. The summed E-state index contributed by atoms with van der Waals surface area (Å²) in [6, 6.07) is 9.57. The van der Waals surface area contributed by atoms with E-state index in [9.17, 15) is 10.1 Å². The standard InChI is InChI=1S/C17H16N4OS/c1-3-6-14-19-10(2)16(23-14)15(22)11(9-18)17-20-12-7-4-5-8-13(12)21-17/h4-5,7-8,11H,3,6H2,1-2H3,(H,20,21). The van der Waals surface area contributed by atoms with Crippen molar-refractivity contribution in [3.8, 4) is 6.07 Å². The molecule has 0 bridgehead atoms. The van der Waals surface area contributed by atoms with Gasteiger partial charge in [-0.25, -0.2) is 9.97 Å². The van der Waals surface area contributed by atoms with Gasteiger partial charge in [-0.1, -0.05) is 19.1 Å². The number of nitriles is 1. The molecule has 2 heterocycles. The first-order valence-electron chi connectivity index (χ1n) is 7.48. The summed E-state index contributed by atoms with van der Waals surface area (Å²) in [4.78, 5) is 25.2. The summed E-state index contributed by atoms with van der Waals surface area (Å²) in [5, 5.41) is 10.4. The van der Waals surface area contributed by atoms with E-state index in [2.05, 4.69) is 27.9 Å². The number of carbonyl (C=O) groups excluding carboxylic acids is 1. The number of ketones is 1. The minimum atomic E-state index is -0.934. The van der Waals surface area contributed by atoms with Crippen molar-refractivity contribution in [2.75, 3.05) is 0 Å². The van der Waals surface area contributed by atoms with E-state index < -0.39 is 5.92 Å². The van der Waals surface area contributed by atoms with Gasteiger partial charge in [0.05, 0.1) is 32.7 Å². The summed E-state index contributed by atoms with van der Waals surface area (Å²) < 4.78 is 0. The van der Waals surface area contributed by atoms with Crippen molar-refractivity contribution < 1.29 is 4.79 Å². The largest absolute Gasteiger partial charge is 0.340 e. The summed E-state index contributed by atoms with van der Waals surface area (Å²) in [7, 11) is 0. The zero-order chi connectivity index (χ0) is 16.4. The fourth-order valence-corrected chi connectivity index (χ4v) is 3.62. The highest BCUT2D eigenvalue weighted by atomic mass is 32.1. The number of para-hydroxylation sites is 2. The molecule has 0 spiro atoms. The zero-order valence-corrected chi connectivity index (χ0v) is 13.8. The molecule has 6 heteroatoms. The lowest BCUT2D eigenvalue weighted by Crippen LogP contribution is -2.12. The molecule has 116 valence electrons. The van der Waals surface area contributed by atoms with E-state index in [0.29, 0.717) is 16.4 Å². The second-order valence-electron chi connectivity index (χ2n) is 5.34. The highest BCUT2D eigenvalue weighted by Crippen LogP contribution is 2.27. The number of Topliss-reactive ketones (excluding diaryl/α,β-unsaturated/α-hetero) is 1. The summed E-state index contributed by atoms with van der Waals surface area (Å²) in [5.74, 6) is -0.775. The van der Waals surface area contributed by atoms with E-state index in [-0.39, 0.29) is 5.78 Å². The smallest absolute Gasteiger partial charge is 0.199 e. The van der Waals surface area contributed by atoms with Crippen LogP contribution in [0.1, 0.15) is 45.5 Å². The number of hydrogen-bond donors (Lipinski definition) is 1.